The number of hydrogen-bond donors (Lipinski definition) is 7. The molecule has 0 radical (unpaired) electrons. The van der Waals surface area contributed by atoms with E-state index in [4.69, 9.17) is 13.9 Å². The lowest BCUT2D eigenvalue weighted by Crippen LogP contribution is -2.55. The Morgan fingerprint density at radius 2 is 1.62 bits per heavy atom. The summed E-state index contributed by atoms with van der Waals surface area (Å²) in [4.78, 5) is 13.2. The zero-order valence-electron chi connectivity index (χ0n) is 16.5. The van der Waals surface area contributed by atoms with Crippen LogP contribution >= 0.6 is 0 Å². The van der Waals surface area contributed by atoms with Crippen molar-refractivity contribution in [1.29, 1.82) is 0 Å². The van der Waals surface area contributed by atoms with E-state index in [1.807, 2.05) is 0 Å². The van der Waals surface area contributed by atoms with Gasteiger partial charge in [-0.2, -0.15) is 0 Å². The number of fused-ring (bicyclic) bond motifs is 1. The summed E-state index contributed by atoms with van der Waals surface area (Å²) in [5.74, 6) is -3.59. The predicted molar refractivity (Wildman–Crippen MR) is 107 cm³/mol. The van der Waals surface area contributed by atoms with Gasteiger partial charge in [-0.15, -0.1) is 0 Å². The van der Waals surface area contributed by atoms with Crippen molar-refractivity contribution in [2.45, 2.75) is 31.7 Å². The van der Waals surface area contributed by atoms with Crippen molar-refractivity contribution >= 4 is 11.0 Å². The minimum absolute atomic E-state index is 0.0849. The van der Waals surface area contributed by atoms with E-state index < -0.39 is 59.1 Å². The molecule has 0 aliphatic carbocycles. The Hall–Kier alpha value is -3.51. The van der Waals surface area contributed by atoms with Gasteiger partial charge in [0.25, 0.3) is 0 Å². The number of hydrogen-bond acceptors (Lipinski definition) is 11. The first-order valence-corrected chi connectivity index (χ1v) is 9.50. The molecule has 170 valence electrons. The van der Waals surface area contributed by atoms with Gasteiger partial charge in [0, 0.05) is 23.6 Å². The fourth-order valence-electron chi connectivity index (χ4n) is 3.46. The number of benzene rings is 2. The van der Waals surface area contributed by atoms with Gasteiger partial charge in [-0.1, -0.05) is 6.92 Å². The highest BCUT2D eigenvalue weighted by molar-refractivity contribution is 5.88. The second-order valence-corrected chi connectivity index (χ2v) is 7.48. The van der Waals surface area contributed by atoms with E-state index in [-0.39, 0.29) is 28.0 Å². The second-order valence-electron chi connectivity index (χ2n) is 7.48. The Kier molecular flexibility index (Phi) is 5.34. The van der Waals surface area contributed by atoms with Crippen LogP contribution in [-0.4, -0.2) is 60.5 Å². The van der Waals surface area contributed by atoms with E-state index >= 15 is 0 Å². The third-order valence-electron chi connectivity index (χ3n) is 5.27. The first kappa shape index (κ1) is 21.7. The monoisotopic (exact) mass is 448 g/mol. The van der Waals surface area contributed by atoms with Gasteiger partial charge >= 0.3 is 0 Å². The molecule has 1 aliphatic rings. The minimum atomic E-state index is -1.80. The Morgan fingerprint density at radius 1 is 0.906 bits per heavy atom. The summed E-state index contributed by atoms with van der Waals surface area (Å²) in [6, 6.07) is 5.56. The molecule has 0 amide bonds. The number of rotatable bonds is 3. The highest BCUT2D eigenvalue weighted by Gasteiger charge is 2.43. The van der Waals surface area contributed by atoms with Crippen LogP contribution in [-0.2, 0) is 4.74 Å². The quantitative estimate of drug-likeness (QED) is 0.279. The first-order chi connectivity index (χ1) is 15.1. The Labute approximate surface area is 179 Å². The maximum Gasteiger partial charge on any atom is 0.239 e. The Balaban J connectivity index is 1.92. The van der Waals surface area contributed by atoms with Gasteiger partial charge in [-0.05, 0) is 18.2 Å². The fraction of sp³-hybridized carbons (Fsp3) is 0.286. The standard InChI is InChI=1S/C21H20O11/c1-7-15(26)17(28)20(29)32-21(7)31-19-16(27)14-12(25)5-9(22)6-13(14)30-18(19)8-2-3-10(23)11(24)4-8/h2-7,15,17,20-26,28-29H,1H3. The van der Waals surface area contributed by atoms with E-state index in [0.29, 0.717) is 0 Å². The number of aromatic hydroxyl groups is 4. The minimum Gasteiger partial charge on any atom is -0.508 e. The van der Waals surface area contributed by atoms with Crippen LogP contribution in [0.3, 0.4) is 0 Å². The van der Waals surface area contributed by atoms with Crippen molar-refractivity contribution in [3.05, 3.63) is 40.6 Å². The number of aliphatic hydroxyl groups excluding tert-OH is 3. The van der Waals surface area contributed by atoms with Gasteiger partial charge in [0.1, 0.15) is 28.6 Å². The van der Waals surface area contributed by atoms with Crippen molar-refractivity contribution in [1.82, 2.24) is 0 Å². The van der Waals surface area contributed by atoms with E-state index in [1.165, 1.54) is 13.0 Å². The number of phenolic OH excluding ortho intramolecular Hbond substituents is 4. The molecule has 5 atom stereocenters. The Bertz CT molecular complexity index is 1230. The van der Waals surface area contributed by atoms with Crippen molar-refractivity contribution in [2.75, 3.05) is 0 Å². The average molecular weight is 448 g/mol. The largest absolute Gasteiger partial charge is 0.508 e. The smallest absolute Gasteiger partial charge is 0.239 e. The summed E-state index contributed by atoms with van der Waals surface area (Å²) in [5, 5.41) is 68.9. The fourth-order valence-corrected chi connectivity index (χ4v) is 3.46. The molecule has 4 rings (SSSR count). The summed E-state index contributed by atoms with van der Waals surface area (Å²) in [6.45, 7) is 1.45. The zero-order valence-corrected chi connectivity index (χ0v) is 16.5. The number of phenols is 4. The highest BCUT2D eigenvalue weighted by Crippen LogP contribution is 2.39. The van der Waals surface area contributed by atoms with Crippen molar-refractivity contribution in [2.24, 2.45) is 5.92 Å². The third-order valence-corrected chi connectivity index (χ3v) is 5.27. The summed E-state index contributed by atoms with van der Waals surface area (Å²) >= 11 is 0. The molecule has 2 aromatic carbocycles. The summed E-state index contributed by atoms with van der Waals surface area (Å²) in [5.41, 5.74) is -0.991. The van der Waals surface area contributed by atoms with Gasteiger partial charge < -0.3 is 49.6 Å². The van der Waals surface area contributed by atoms with E-state index in [2.05, 4.69) is 0 Å². The lowest BCUT2D eigenvalue weighted by atomic mass is 9.96. The molecular weight excluding hydrogens is 428 g/mol. The van der Waals surface area contributed by atoms with Gasteiger partial charge in [0.2, 0.25) is 17.5 Å². The zero-order chi connectivity index (χ0) is 23.3. The highest BCUT2D eigenvalue weighted by atomic mass is 16.7. The lowest BCUT2D eigenvalue weighted by molar-refractivity contribution is -0.306. The number of ether oxygens (including phenoxy) is 2. The molecule has 3 aromatic rings. The van der Waals surface area contributed by atoms with Crippen LogP contribution in [0, 0.1) is 5.92 Å². The van der Waals surface area contributed by atoms with Gasteiger partial charge in [0.15, 0.2) is 23.5 Å². The average Bonchev–Trinajstić information content (AvgIpc) is 2.73. The Morgan fingerprint density at radius 3 is 2.31 bits per heavy atom. The van der Waals surface area contributed by atoms with Crippen LogP contribution in [0.25, 0.3) is 22.3 Å². The molecule has 1 saturated heterocycles. The molecule has 2 heterocycles. The van der Waals surface area contributed by atoms with Gasteiger partial charge in [0.05, 0.1) is 6.10 Å². The summed E-state index contributed by atoms with van der Waals surface area (Å²) in [6.07, 6.45) is -6.25. The molecule has 0 saturated carbocycles. The van der Waals surface area contributed by atoms with Crippen molar-refractivity contribution in [3.8, 4) is 40.1 Å². The van der Waals surface area contributed by atoms with Crippen LogP contribution in [0.4, 0.5) is 0 Å². The van der Waals surface area contributed by atoms with Crippen LogP contribution < -0.4 is 10.2 Å². The summed E-state index contributed by atoms with van der Waals surface area (Å²) in [7, 11) is 0. The molecule has 1 aliphatic heterocycles. The maximum atomic E-state index is 13.2. The molecular formula is C21H20O11. The molecule has 32 heavy (non-hydrogen) atoms. The summed E-state index contributed by atoms with van der Waals surface area (Å²) < 4.78 is 16.5. The molecule has 5 unspecified atom stereocenters. The maximum absolute atomic E-state index is 13.2. The van der Waals surface area contributed by atoms with Crippen LogP contribution in [0.1, 0.15) is 6.92 Å². The molecule has 7 N–H and O–H groups in total. The SMILES string of the molecule is CC1C(Oc2c(-c3ccc(O)c(O)c3)oc3cc(O)cc(O)c3c2=O)OC(O)C(O)C1O. The topological polar surface area (TPSA) is 190 Å². The van der Waals surface area contributed by atoms with E-state index in [1.54, 1.807) is 0 Å². The molecule has 1 fully saturated rings. The number of aliphatic hydroxyl groups is 3. The lowest BCUT2D eigenvalue weighted by Gasteiger charge is -2.38. The molecule has 0 bridgehead atoms. The van der Waals surface area contributed by atoms with Gasteiger partial charge in [-0.3, -0.25) is 4.79 Å². The molecule has 11 heteroatoms. The normalized spacial score (nSPS) is 25.7. The second kappa shape index (κ2) is 7.88. The van der Waals surface area contributed by atoms with Crippen LogP contribution in [0.5, 0.6) is 28.7 Å². The van der Waals surface area contributed by atoms with Crippen LogP contribution in [0.15, 0.2) is 39.5 Å². The van der Waals surface area contributed by atoms with Crippen molar-refractivity contribution in [3.63, 3.8) is 0 Å². The van der Waals surface area contributed by atoms with Gasteiger partial charge in [-0.25, -0.2) is 0 Å². The first-order valence-electron chi connectivity index (χ1n) is 9.50. The molecule has 11 nitrogen and oxygen atoms in total. The van der Waals surface area contributed by atoms with E-state index in [0.717, 1.165) is 24.3 Å². The molecule has 1 aromatic heterocycles. The predicted octanol–water partition coefficient (Wildman–Crippen LogP) is 0.694. The third kappa shape index (κ3) is 3.56. The van der Waals surface area contributed by atoms with E-state index in [9.17, 15) is 40.5 Å². The molecule has 0 spiro atoms. The van der Waals surface area contributed by atoms with Crippen LogP contribution in [0.2, 0.25) is 0 Å². The van der Waals surface area contributed by atoms with Crippen molar-refractivity contribution < 1.29 is 49.6 Å².